The highest BCUT2D eigenvalue weighted by atomic mass is 35.5. The largest absolute Gasteiger partial charge is 0.481 e. The third-order valence-electron chi connectivity index (χ3n) is 3.21. The Morgan fingerprint density at radius 2 is 2.06 bits per heavy atom. The molecule has 1 unspecified atom stereocenters. The number of aryl methyl sites for hydroxylation is 2. The van der Waals surface area contributed by atoms with Crippen LogP contribution in [0.25, 0.3) is 10.9 Å². The fourth-order valence-electron chi connectivity index (χ4n) is 1.95. The minimum absolute atomic E-state index is 0.567. The number of pyridine rings is 1. The fraction of sp³-hybridized carbons (Fsp3) is 0.286. The molecule has 1 aromatic carbocycles. The molecule has 3 nitrogen and oxygen atoms in total. The van der Waals surface area contributed by atoms with E-state index in [-0.39, 0.29) is 0 Å². The second kappa shape index (κ2) is 4.58. The first-order valence-electron chi connectivity index (χ1n) is 5.71. The second-order valence-corrected chi connectivity index (χ2v) is 4.90. The lowest BCUT2D eigenvalue weighted by Gasteiger charge is -2.11. The Morgan fingerprint density at radius 1 is 1.39 bits per heavy atom. The SMILES string of the molecule is Cc1cc(C(C)C(=O)O)nc2c(C)c(Cl)ccc12. The Balaban J connectivity index is 2.74. The summed E-state index contributed by atoms with van der Waals surface area (Å²) in [6.07, 6.45) is 0. The predicted molar refractivity (Wildman–Crippen MR) is 72.3 cm³/mol. The zero-order valence-electron chi connectivity index (χ0n) is 10.5. The van der Waals surface area contributed by atoms with Gasteiger partial charge in [-0.15, -0.1) is 0 Å². The van der Waals surface area contributed by atoms with Gasteiger partial charge in [0.2, 0.25) is 0 Å². The maximum Gasteiger partial charge on any atom is 0.312 e. The van der Waals surface area contributed by atoms with Crippen LogP contribution in [0.15, 0.2) is 18.2 Å². The topological polar surface area (TPSA) is 50.2 Å². The third kappa shape index (κ3) is 2.06. The summed E-state index contributed by atoms with van der Waals surface area (Å²) in [5.74, 6) is -1.49. The smallest absolute Gasteiger partial charge is 0.312 e. The predicted octanol–water partition coefficient (Wildman–Crippen LogP) is 3.69. The van der Waals surface area contributed by atoms with Crippen LogP contribution >= 0.6 is 11.6 Å². The summed E-state index contributed by atoms with van der Waals surface area (Å²) in [6.45, 7) is 5.48. The quantitative estimate of drug-likeness (QED) is 0.899. The van der Waals surface area contributed by atoms with Gasteiger partial charge in [-0.3, -0.25) is 9.78 Å². The number of aromatic nitrogens is 1. The van der Waals surface area contributed by atoms with E-state index in [1.807, 2.05) is 32.0 Å². The van der Waals surface area contributed by atoms with E-state index >= 15 is 0 Å². The van der Waals surface area contributed by atoms with Crippen molar-refractivity contribution in [3.05, 3.63) is 40.0 Å². The normalized spacial score (nSPS) is 12.7. The number of rotatable bonds is 2. The fourth-order valence-corrected chi connectivity index (χ4v) is 2.10. The highest BCUT2D eigenvalue weighted by molar-refractivity contribution is 6.32. The van der Waals surface area contributed by atoms with Gasteiger partial charge in [0.05, 0.1) is 17.1 Å². The number of fused-ring (bicyclic) bond motifs is 1. The molecule has 0 saturated heterocycles. The average Bonchev–Trinajstić information content (AvgIpc) is 2.33. The molecule has 0 fully saturated rings. The molecule has 0 saturated carbocycles. The summed E-state index contributed by atoms with van der Waals surface area (Å²) in [4.78, 5) is 15.5. The number of halogens is 1. The number of hydrogen-bond acceptors (Lipinski definition) is 2. The highest BCUT2D eigenvalue weighted by Crippen LogP contribution is 2.28. The van der Waals surface area contributed by atoms with E-state index in [1.54, 1.807) is 6.92 Å². The van der Waals surface area contributed by atoms with Crippen molar-refractivity contribution in [3.8, 4) is 0 Å². The van der Waals surface area contributed by atoms with Crippen molar-refractivity contribution < 1.29 is 9.90 Å². The first-order valence-corrected chi connectivity index (χ1v) is 6.08. The lowest BCUT2D eigenvalue weighted by atomic mass is 10.0. The zero-order valence-corrected chi connectivity index (χ0v) is 11.2. The Labute approximate surface area is 110 Å². The number of carboxylic acids is 1. The molecule has 1 heterocycles. The molecular formula is C14H14ClNO2. The maximum absolute atomic E-state index is 11.0. The summed E-state index contributed by atoms with van der Waals surface area (Å²) >= 11 is 6.08. The van der Waals surface area contributed by atoms with Gasteiger partial charge in [0, 0.05) is 10.4 Å². The lowest BCUT2D eigenvalue weighted by molar-refractivity contribution is -0.138. The number of carboxylic acid groups (broad SMARTS) is 1. The van der Waals surface area contributed by atoms with Crippen molar-refractivity contribution in [1.82, 2.24) is 4.98 Å². The van der Waals surface area contributed by atoms with Crippen LogP contribution in [-0.4, -0.2) is 16.1 Å². The first-order chi connectivity index (χ1) is 8.41. The van der Waals surface area contributed by atoms with Crippen LogP contribution in [0.1, 0.15) is 29.7 Å². The monoisotopic (exact) mass is 263 g/mol. The van der Waals surface area contributed by atoms with Crippen LogP contribution in [0.3, 0.4) is 0 Å². The van der Waals surface area contributed by atoms with Crippen LogP contribution in [0, 0.1) is 13.8 Å². The van der Waals surface area contributed by atoms with E-state index in [4.69, 9.17) is 16.7 Å². The van der Waals surface area contributed by atoms with Crippen LogP contribution in [0.5, 0.6) is 0 Å². The molecule has 0 aliphatic carbocycles. The standard InChI is InChI=1S/C14H14ClNO2/c1-7-6-12(9(3)14(17)18)16-13-8(2)11(15)5-4-10(7)13/h4-6,9H,1-3H3,(H,17,18). The average molecular weight is 264 g/mol. The lowest BCUT2D eigenvalue weighted by Crippen LogP contribution is -2.10. The molecule has 0 radical (unpaired) electrons. The van der Waals surface area contributed by atoms with Gasteiger partial charge in [-0.1, -0.05) is 17.7 Å². The first kappa shape index (κ1) is 12.8. The summed E-state index contributed by atoms with van der Waals surface area (Å²) < 4.78 is 0. The molecule has 0 spiro atoms. The molecule has 0 aliphatic rings. The minimum Gasteiger partial charge on any atom is -0.481 e. The van der Waals surface area contributed by atoms with Crippen molar-refractivity contribution in [1.29, 1.82) is 0 Å². The number of benzene rings is 1. The minimum atomic E-state index is -0.874. The molecule has 1 aromatic heterocycles. The number of nitrogens with zero attached hydrogens (tertiary/aromatic N) is 1. The van der Waals surface area contributed by atoms with E-state index in [1.165, 1.54) is 0 Å². The van der Waals surface area contributed by atoms with E-state index in [0.717, 1.165) is 22.0 Å². The van der Waals surface area contributed by atoms with E-state index in [2.05, 4.69) is 4.98 Å². The van der Waals surface area contributed by atoms with Gasteiger partial charge in [-0.05, 0) is 44.0 Å². The van der Waals surface area contributed by atoms with E-state index in [0.29, 0.717) is 10.7 Å². The molecule has 2 rings (SSSR count). The maximum atomic E-state index is 11.0. The molecule has 4 heteroatoms. The molecule has 0 amide bonds. The highest BCUT2D eigenvalue weighted by Gasteiger charge is 2.17. The molecule has 1 N–H and O–H groups in total. The number of carbonyl (C=O) groups is 1. The summed E-state index contributed by atoms with van der Waals surface area (Å²) in [6, 6.07) is 5.59. The molecule has 1 atom stereocenters. The van der Waals surface area contributed by atoms with Gasteiger partial charge < -0.3 is 5.11 Å². The number of hydrogen-bond donors (Lipinski definition) is 1. The van der Waals surface area contributed by atoms with Crippen LogP contribution < -0.4 is 0 Å². The summed E-state index contributed by atoms with van der Waals surface area (Å²) in [7, 11) is 0. The molecule has 0 bridgehead atoms. The summed E-state index contributed by atoms with van der Waals surface area (Å²) in [5, 5.41) is 10.7. The number of aliphatic carboxylic acids is 1. The van der Waals surface area contributed by atoms with Gasteiger partial charge in [0.25, 0.3) is 0 Å². The van der Waals surface area contributed by atoms with E-state index < -0.39 is 11.9 Å². The molecule has 2 aromatic rings. The molecule has 94 valence electrons. The van der Waals surface area contributed by atoms with Crippen LogP contribution in [0.4, 0.5) is 0 Å². The Bertz CT molecular complexity index is 637. The van der Waals surface area contributed by atoms with Crippen molar-refractivity contribution >= 4 is 28.5 Å². The van der Waals surface area contributed by atoms with Gasteiger partial charge in [-0.2, -0.15) is 0 Å². The van der Waals surface area contributed by atoms with Crippen LogP contribution in [0.2, 0.25) is 5.02 Å². The van der Waals surface area contributed by atoms with Gasteiger partial charge in [0.1, 0.15) is 0 Å². The molecule has 18 heavy (non-hydrogen) atoms. The second-order valence-electron chi connectivity index (χ2n) is 4.49. The zero-order chi connectivity index (χ0) is 13.4. The Morgan fingerprint density at radius 3 is 2.67 bits per heavy atom. The van der Waals surface area contributed by atoms with Gasteiger partial charge in [0.15, 0.2) is 0 Å². The van der Waals surface area contributed by atoms with Crippen molar-refractivity contribution in [2.75, 3.05) is 0 Å². The molecular weight excluding hydrogens is 250 g/mol. The van der Waals surface area contributed by atoms with Gasteiger partial charge >= 0.3 is 5.97 Å². The van der Waals surface area contributed by atoms with Crippen molar-refractivity contribution in [2.24, 2.45) is 0 Å². The van der Waals surface area contributed by atoms with Gasteiger partial charge in [-0.25, -0.2) is 0 Å². The third-order valence-corrected chi connectivity index (χ3v) is 3.62. The Kier molecular flexibility index (Phi) is 3.26. The Hall–Kier alpha value is -1.61. The molecule has 0 aliphatic heterocycles. The van der Waals surface area contributed by atoms with Crippen LogP contribution in [-0.2, 0) is 4.79 Å². The van der Waals surface area contributed by atoms with Crippen molar-refractivity contribution in [3.63, 3.8) is 0 Å². The van der Waals surface area contributed by atoms with E-state index in [9.17, 15) is 4.79 Å². The van der Waals surface area contributed by atoms with Crippen molar-refractivity contribution in [2.45, 2.75) is 26.7 Å². The summed E-state index contributed by atoms with van der Waals surface area (Å²) in [5.41, 5.74) is 3.25.